The van der Waals surface area contributed by atoms with Crippen molar-refractivity contribution in [1.29, 1.82) is 0 Å². The van der Waals surface area contributed by atoms with Crippen LogP contribution >= 0.6 is 0 Å². The van der Waals surface area contributed by atoms with Gasteiger partial charge in [-0.15, -0.1) is 0 Å². The third-order valence-corrected chi connectivity index (χ3v) is 3.75. The maximum Gasteiger partial charge on any atom is 0.251 e. The lowest BCUT2D eigenvalue weighted by atomic mass is 9.84. The number of amides is 1. The Balaban J connectivity index is 2.26. The van der Waals surface area contributed by atoms with Crippen LogP contribution in [0.4, 0.5) is 0 Å². The van der Waals surface area contributed by atoms with E-state index in [9.17, 15) is 9.90 Å². The molecule has 0 saturated carbocycles. The second-order valence-corrected chi connectivity index (χ2v) is 6.42. The summed E-state index contributed by atoms with van der Waals surface area (Å²) in [6, 6.07) is 6.57. The van der Waals surface area contributed by atoms with Gasteiger partial charge in [0.2, 0.25) is 0 Å². The molecule has 0 aliphatic carbocycles. The molecule has 0 radical (unpaired) electrons. The maximum atomic E-state index is 11.9. The van der Waals surface area contributed by atoms with E-state index in [1.807, 2.05) is 0 Å². The highest BCUT2D eigenvalue weighted by atomic mass is 16.3. The van der Waals surface area contributed by atoms with Gasteiger partial charge in [-0.25, -0.2) is 0 Å². The molecule has 104 valence electrons. The standard InChI is InChI=1S/C16H23NO2/c1-11(18)15(19)17-8-7-12-5-6-14(16(2,3)4)9-13(12)10-17/h5-6,9,11,18H,7-8,10H2,1-4H3. The van der Waals surface area contributed by atoms with Crippen LogP contribution < -0.4 is 0 Å². The summed E-state index contributed by atoms with van der Waals surface area (Å²) >= 11 is 0. The number of aliphatic hydroxyl groups excluding tert-OH is 1. The van der Waals surface area contributed by atoms with Gasteiger partial charge >= 0.3 is 0 Å². The van der Waals surface area contributed by atoms with Crippen molar-refractivity contribution in [2.24, 2.45) is 0 Å². The molecule has 0 spiro atoms. The van der Waals surface area contributed by atoms with Crippen LogP contribution in [-0.2, 0) is 23.2 Å². The Kier molecular flexibility index (Phi) is 3.68. The fourth-order valence-electron chi connectivity index (χ4n) is 2.48. The molecule has 1 heterocycles. The van der Waals surface area contributed by atoms with Gasteiger partial charge in [0, 0.05) is 13.1 Å². The monoisotopic (exact) mass is 261 g/mol. The van der Waals surface area contributed by atoms with Crippen molar-refractivity contribution in [2.45, 2.75) is 52.2 Å². The molecule has 3 nitrogen and oxygen atoms in total. The zero-order valence-corrected chi connectivity index (χ0v) is 12.2. The SMILES string of the molecule is CC(O)C(=O)N1CCc2ccc(C(C)(C)C)cc2C1. The smallest absolute Gasteiger partial charge is 0.251 e. The third kappa shape index (κ3) is 2.98. The fraction of sp³-hybridized carbons (Fsp3) is 0.562. The number of carbonyl (C=O) groups excluding carboxylic acids is 1. The minimum atomic E-state index is -0.910. The van der Waals surface area contributed by atoms with Crippen molar-refractivity contribution in [3.63, 3.8) is 0 Å². The molecule has 0 saturated heterocycles. The Morgan fingerprint density at radius 3 is 2.58 bits per heavy atom. The lowest BCUT2D eigenvalue weighted by Crippen LogP contribution is -2.41. The van der Waals surface area contributed by atoms with E-state index < -0.39 is 6.10 Å². The first kappa shape index (κ1) is 14.1. The lowest BCUT2D eigenvalue weighted by molar-refractivity contribution is -0.140. The second-order valence-electron chi connectivity index (χ2n) is 6.42. The van der Waals surface area contributed by atoms with Gasteiger partial charge < -0.3 is 10.0 Å². The summed E-state index contributed by atoms with van der Waals surface area (Å²) < 4.78 is 0. The molecule has 1 aromatic rings. The van der Waals surface area contributed by atoms with E-state index >= 15 is 0 Å². The Morgan fingerprint density at radius 1 is 1.32 bits per heavy atom. The average Bonchev–Trinajstić information content (AvgIpc) is 2.35. The van der Waals surface area contributed by atoms with Gasteiger partial charge in [-0.3, -0.25) is 4.79 Å². The summed E-state index contributed by atoms with van der Waals surface area (Å²) in [4.78, 5) is 13.6. The summed E-state index contributed by atoms with van der Waals surface area (Å²) in [6.45, 7) is 9.42. The van der Waals surface area contributed by atoms with Gasteiger partial charge in [-0.1, -0.05) is 39.0 Å². The number of hydrogen-bond acceptors (Lipinski definition) is 2. The van der Waals surface area contributed by atoms with Gasteiger partial charge in [-0.2, -0.15) is 0 Å². The van der Waals surface area contributed by atoms with E-state index in [0.717, 1.165) is 6.42 Å². The number of carbonyl (C=O) groups is 1. The Hall–Kier alpha value is -1.35. The minimum absolute atomic E-state index is 0.117. The molecule has 0 aromatic heterocycles. The first-order chi connectivity index (χ1) is 8.79. The van der Waals surface area contributed by atoms with Crippen LogP contribution in [0.1, 0.15) is 44.4 Å². The Morgan fingerprint density at radius 2 is 2.00 bits per heavy atom. The van der Waals surface area contributed by atoms with Crippen LogP contribution in [0.25, 0.3) is 0 Å². The van der Waals surface area contributed by atoms with E-state index in [1.54, 1.807) is 4.90 Å². The molecular weight excluding hydrogens is 238 g/mol. The summed E-state index contributed by atoms with van der Waals surface area (Å²) in [6.07, 6.45) is -0.0366. The highest BCUT2D eigenvalue weighted by Gasteiger charge is 2.24. The first-order valence-corrected chi connectivity index (χ1v) is 6.88. The predicted molar refractivity (Wildman–Crippen MR) is 75.9 cm³/mol. The molecule has 0 bridgehead atoms. The molecule has 2 rings (SSSR count). The van der Waals surface area contributed by atoms with E-state index in [0.29, 0.717) is 13.1 Å². The van der Waals surface area contributed by atoms with Crippen molar-refractivity contribution >= 4 is 5.91 Å². The number of rotatable bonds is 1. The Bertz CT molecular complexity index is 486. The molecule has 1 aromatic carbocycles. The number of aliphatic hydroxyl groups is 1. The number of benzene rings is 1. The maximum absolute atomic E-state index is 11.9. The van der Waals surface area contributed by atoms with Crippen LogP contribution in [0.3, 0.4) is 0 Å². The molecule has 1 unspecified atom stereocenters. The molecule has 19 heavy (non-hydrogen) atoms. The topological polar surface area (TPSA) is 40.5 Å². The second kappa shape index (κ2) is 4.97. The van der Waals surface area contributed by atoms with E-state index in [4.69, 9.17) is 0 Å². The number of fused-ring (bicyclic) bond motifs is 1. The van der Waals surface area contributed by atoms with Crippen LogP contribution in [0.2, 0.25) is 0 Å². The molecular formula is C16H23NO2. The lowest BCUT2D eigenvalue weighted by Gasteiger charge is -2.31. The normalized spacial score (nSPS) is 17.0. The van der Waals surface area contributed by atoms with Crippen molar-refractivity contribution < 1.29 is 9.90 Å². The largest absolute Gasteiger partial charge is 0.384 e. The Labute approximate surface area is 115 Å². The highest BCUT2D eigenvalue weighted by Crippen LogP contribution is 2.27. The highest BCUT2D eigenvalue weighted by molar-refractivity contribution is 5.80. The summed E-state index contributed by atoms with van der Waals surface area (Å²) in [7, 11) is 0. The molecule has 3 heteroatoms. The van der Waals surface area contributed by atoms with Crippen molar-refractivity contribution in [3.05, 3.63) is 34.9 Å². The fourth-order valence-corrected chi connectivity index (χ4v) is 2.48. The molecule has 1 aliphatic heterocycles. The predicted octanol–water partition coefficient (Wildman–Crippen LogP) is 2.25. The van der Waals surface area contributed by atoms with Crippen LogP contribution in [-0.4, -0.2) is 28.6 Å². The quantitative estimate of drug-likeness (QED) is 0.842. The summed E-state index contributed by atoms with van der Waals surface area (Å²) in [5, 5.41) is 9.41. The van der Waals surface area contributed by atoms with Gasteiger partial charge in [0.15, 0.2) is 0 Å². The first-order valence-electron chi connectivity index (χ1n) is 6.88. The number of nitrogens with zero attached hydrogens (tertiary/aromatic N) is 1. The third-order valence-electron chi connectivity index (χ3n) is 3.75. The summed E-state index contributed by atoms with van der Waals surface area (Å²) in [5.74, 6) is -0.174. The molecule has 1 amide bonds. The van der Waals surface area contributed by atoms with Gasteiger partial charge in [0.25, 0.3) is 5.91 Å². The van der Waals surface area contributed by atoms with Crippen molar-refractivity contribution in [1.82, 2.24) is 4.90 Å². The number of hydrogen-bond donors (Lipinski definition) is 1. The molecule has 0 fully saturated rings. The molecule has 1 N–H and O–H groups in total. The van der Waals surface area contributed by atoms with Crippen LogP contribution in [0, 0.1) is 0 Å². The van der Waals surface area contributed by atoms with Crippen molar-refractivity contribution in [2.75, 3.05) is 6.54 Å². The summed E-state index contributed by atoms with van der Waals surface area (Å²) in [5.41, 5.74) is 3.94. The van der Waals surface area contributed by atoms with Gasteiger partial charge in [0.05, 0.1) is 0 Å². The minimum Gasteiger partial charge on any atom is -0.384 e. The zero-order chi connectivity index (χ0) is 14.2. The van der Waals surface area contributed by atoms with Gasteiger partial charge in [-0.05, 0) is 35.4 Å². The van der Waals surface area contributed by atoms with Crippen LogP contribution in [0.15, 0.2) is 18.2 Å². The van der Waals surface area contributed by atoms with Crippen LogP contribution in [0.5, 0.6) is 0 Å². The average molecular weight is 261 g/mol. The van der Waals surface area contributed by atoms with E-state index in [2.05, 4.69) is 39.0 Å². The van der Waals surface area contributed by atoms with Crippen molar-refractivity contribution in [3.8, 4) is 0 Å². The van der Waals surface area contributed by atoms with E-state index in [-0.39, 0.29) is 11.3 Å². The van der Waals surface area contributed by atoms with E-state index in [1.165, 1.54) is 23.6 Å². The molecule has 1 aliphatic rings. The van der Waals surface area contributed by atoms with Gasteiger partial charge in [0.1, 0.15) is 6.10 Å². The molecule has 1 atom stereocenters. The zero-order valence-electron chi connectivity index (χ0n) is 12.2.